The Bertz CT molecular complexity index is 617. The summed E-state index contributed by atoms with van der Waals surface area (Å²) in [4.78, 5) is 16.7. The molecule has 3 rings (SSSR count). The van der Waals surface area contributed by atoms with Crippen molar-refractivity contribution in [1.82, 2.24) is 9.80 Å². The van der Waals surface area contributed by atoms with Crippen molar-refractivity contribution in [3.8, 4) is 5.75 Å². The summed E-state index contributed by atoms with van der Waals surface area (Å²) in [6.07, 6.45) is 1.18. The van der Waals surface area contributed by atoms with Crippen LogP contribution in [0.25, 0.3) is 0 Å². The topological polar surface area (TPSA) is 42.0 Å². The van der Waals surface area contributed by atoms with Gasteiger partial charge in [-0.1, -0.05) is 18.2 Å². The molecule has 0 saturated carbocycles. The number of para-hydroxylation sites is 1. The van der Waals surface area contributed by atoms with Crippen LogP contribution in [0.2, 0.25) is 0 Å². The second kappa shape index (κ2) is 7.75. The molecule has 5 heteroatoms. The number of hydrogen-bond donors (Lipinski definition) is 0. The van der Waals surface area contributed by atoms with Crippen molar-refractivity contribution in [1.29, 1.82) is 0 Å². The van der Waals surface area contributed by atoms with Crippen LogP contribution in [0, 0.1) is 12.8 Å². The van der Waals surface area contributed by atoms with Gasteiger partial charge in [-0.25, -0.2) is 0 Å². The molecule has 1 aromatic carbocycles. The molecule has 0 bridgehead atoms. The Balaban J connectivity index is 1.71. The minimum absolute atomic E-state index is 0.122. The number of carbonyl (C=O) groups is 1. The van der Waals surface area contributed by atoms with E-state index in [-0.39, 0.29) is 24.7 Å². The molecule has 138 valence electrons. The highest BCUT2D eigenvalue weighted by Crippen LogP contribution is 2.29. The van der Waals surface area contributed by atoms with Crippen LogP contribution in [0.15, 0.2) is 18.2 Å². The summed E-state index contributed by atoms with van der Waals surface area (Å²) in [5, 5.41) is 0. The van der Waals surface area contributed by atoms with Crippen LogP contribution in [-0.2, 0) is 16.1 Å². The van der Waals surface area contributed by atoms with E-state index < -0.39 is 0 Å². The van der Waals surface area contributed by atoms with Crippen LogP contribution in [-0.4, -0.2) is 61.2 Å². The van der Waals surface area contributed by atoms with Gasteiger partial charge in [-0.15, -0.1) is 0 Å². The van der Waals surface area contributed by atoms with Gasteiger partial charge in [0, 0.05) is 43.7 Å². The molecule has 0 spiro atoms. The molecular formula is C20H30N2O3. The maximum atomic E-state index is 12.3. The van der Waals surface area contributed by atoms with Crippen LogP contribution < -0.4 is 4.74 Å². The van der Waals surface area contributed by atoms with Gasteiger partial charge in [-0.2, -0.15) is 0 Å². The average molecular weight is 346 g/mol. The van der Waals surface area contributed by atoms with Crippen LogP contribution in [0.1, 0.15) is 31.4 Å². The molecule has 2 fully saturated rings. The van der Waals surface area contributed by atoms with E-state index in [0.29, 0.717) is 5.92 Å². The molecule has 0 aromatic heterocycles. The lowest BCUT2D eigenvalue weighted by Crippen LogP contribution is -2.48. The number of benzene rings is 1. The maximum absolute atomic E-state index is 12.3. The molecule has 0 unspecified atom stereocenters. The van der Waals surface area contributed by atoms with Gasteiger partial charge in [0.15, 0.2) is 0 Å². The summed E-state index contributed by atoms with van der Waals surface area (Å²) >= 11 is 0. The van der Waals surface area contributed by atoms with Crippen molar-refractivity contribution in [3.05, 3.63) is 29.3 Å². The van der Waals surface area contributed by atoms with E-state index in [2.05, 4.69) is 43.9 Å². The quantitative estimate of drug-likeness (QED) is 0.840. The number of hydrogen-bond acceptors (Lipinski definition) is 4. The molecule has 0 N–H and O–H groups in total. The first-order valence-corrected chi connectivity index (χ1v) is 9.25. The first-order valence-electron chi connectivity index (χ1n) is 9.25. The SMILES string of the molecule is COc1c(C)cccc1CN1CC[C@@H]2OCC(=O)N(C(C)C)C[C@H]2C1. The van der Waals surface area contributed by atoms with Crippen LogP contribution in [0.3, 0.4) is 0 Å². The van der Waals surface area contributed by atoms with Crippen LogP contribution in [0.4, 0.5) is 0 Å². The molecule has 1 aromatic rings. The van der Waals surface area contributed by atoms with Gasteiger partial charge in [-0.05, 0) is 32.8 Å². The number of amides is 1. The molecule has 0 aliphatic carbocycles. The second-order valence-corrected chi connectivity index (χ2v) is 7.54. The number of nitrogens with zero attached hydrogens (tertiary/aromatic N) is 2. The Morgan fingerprint density at radius 2 is 2.12 bits per heavy atom. The Hall–Kier alpha value is -1.59. The predicted molar refractivity (Wildman–Crippen MR) is 97.7 cm³/mol. The first kappa shape index (κ1) is 18.2. The van der Waals surface area contributed by atoms with Gasteiger partial charge in [0.05, 0.1) is 13.2 Å². The van der Waals surface area contributed by atoms with Gasteiger partial charge in [0.1, 0.15) is 12.4 Å². The Morgan fingerprint density at radius 1 is 1.32 bits per heavy atom. The molecular weight excluding hydrogens is 316 g/mol. The van der Waals surface area contributed by atoms with E-state index in [1.165, 1.54) is 11.1 Å². The summed E-state index contributed by atoms with van der Waals surface area (Å²) in [6.45, 7) is 10.1. The van der Waals surface area contributed by atoms with E-state index in [0.717, 1.165) is 38.3 Å². The lowest BCUT2D eigenvalue weighted by molar-refractivity contribution is -0.136. The van der Waals surface area contributed by atoms with E-state index >= 15 is 0 Å². The summed E-state index contributed by atoms with van der Waals surface area (Å²) in [7, 11) is 1.74. The maximum Gasteiger partial charge on any atom is 0.248 e. The number of carbonyl (C=O) groups excluding carboxylic acids is 1. The molecule has 2 aliphatic heterocycles. The summed E-state index contributed by atoms with van der Waals surface area (Å²) < 4.78 is 11.5. The predicted octanol–water partition coefficient (Wildman–Crippen LogP) is 2.46. The first-order chi connectivity index (χ1) is 12.0. The standard InChI is InChI=1S/C20H30N2O3/c1-14(2)22-12-17-11-21(9-8-18(17)25-13-19(22)23)10-16-7-5-6-15(3)20(16)24-4/h5-7,14,17-18H,8-13H2,1-4H3/t17-,18+/m1/s1. The van der Waals surface area contributed by atoms with Gasteiger partial charge < -0.3 is 14.4 Å². The van der Waals surface area contributed by atoms with E-state index in [1.807, 2.05) is 4.90 Å². The average Bonchev–Trinajstić information content (AvgIpc) is 2.74. The molecule has 5 nitrogen and oxygen atoms in total. The molecule has 0 radical (unpaired) electrons. The Morgan fingerprint density at radius 3 is 2.84 bits per heavy atom. The fourth-order valence-corrected chi connectivity index (χ4v) is 4.11. The number of aryl methyl sites for hydroxylation is 1. The number of ether oxygens (including phenoxy) is 2. The van der Waals surface area contributed by atoms with E-state index in [9.17, 15) is 4.79 Å². The number of piperidine rings is 1. The van der Waals surface area contributed by atoms with Crippen molar-refractivity contribution >= 4 is 5.91 Å². The number of likely N-dealkylation sites (tertiary alicyclic amines) is 1. The highest BCUT2D eigenvalue weighted by atomic mass is 16.5. The second-order valence-electron chi connectivity index (χ2n) is 7.54. The summed E-state index contributed by atoms with van der Waals surface area (Å²) in [5.74, 6) is 1.48. The number of methoxy groups -OCH3 is 1. The van der Waals surface area contributed by atoms with Crippen LogP contribution in [0.5, 0.6) is 5.75 Å². The van der Waals surface area contributed by atoms with Crippen molar-refractivity contribution in [2.45, 2.75) is 45.9 Å². The largest absolute Gasteiger partial charge is 0.496 e. The molecule has 1 amide bonds. The minimum atomic E-state index is 0.122. The lowest BCUT2D eigenvalue weighted by atomic mass is 9.93. The van der Waals surface area contributed by atoms with Crippen molar-refractivity contribution < 1.29 is 14.3 Å². The van der Waals surface area contributed by atoms with E-state index in [1.54, 1.807) is 7.11 Å². The molecule has 2 aliphatic rings. The Kier molecular flexibility index (Phi) is 5.64. The molecule has 2 atom stereocenters. The van der Waals surface area contributed by atoms with Gasteiger partial charge in [-0.3, -0.25) is 9.69 Å². The minimum Gasteiger partial charge on any atom is -0.496 e. The smallest absolute Gasteiger partial charge is 0.248 e. The molecule has 2 heterocycles. The molecule has 25 heavy (non-hydrogen) atoms. The zero-order valence-corrected chi connectivity index (χ0v) is 15.8. The third-order valence-electron chi connectivity index (χ3n) is 5.44. The van der Waals surface area contributed by atoms with Gasteiger partial charge in [0.2, 0.25) is 5.91 Å². The number of rotatable bonds is 4. The van der Waals surface area contributed by atoms with Crippen molar-refractivity contribution in [3.63, 3.8) is 0 Å². The Labute approximate surface area is 150 Å². The molecule has 2 saturated heterocycles. The van der Waals surface area contributed by atoms with Crippen molar-refractivity contribution in [2.75, 3.05) is 33.4 Å². The summed E-state index contributed by atoms with van der Waals surface area (Å²) in [6, 6.07) is 6.54. The lowest BCUT2D eigenvalue weighted by Gasteiger charge is -2.39. The summed E-state index contributed by atoms with van der Waals surface area (Å²) in [5.41, 5.74) is 2.40. The zero-order chi connectivity index (χ0) is 18.0. The third-order valence-corrected chi connectivity index (χ3v) is 5.44. The highest BCUT2D eigenvalue weighted by Gasteiger charge is 2.36. The zero-order valence-electron chi connectivity index (χ0n) is 15.8. The third kappa shape index (κ3) is 3.98. The fourth-order valence-electron chi connectivity index (χ4n) is 4.11. The normalized spacial score (nSPS) is 25.0. The number of fused-ring (bicyclic) bond motifs is 1. The van der Waals surface area contributed by atoms with E-state index in [4.69, 9.17) is 9.47 Å². The van der Waals surface area contributed by atoms with Gasteiger partial charge in [0.25, 0.3) is 0 Å². The highest BCUT2D eigenvalue weighted by molar-refractivity contribution is 5.78. The fraction of sp³-hybridized carbons (Fsp3) is 0.650. The van der Waals surface area contributed by atoms with Gasteiger partial charge >= 0.3 is 0 Å². The van der Waals surface area contributed by atoms with Crippen molar-refractivity contribution in [2.24, 2.45) is 5.92 Å². The van der Waals surface area contributed by atoms with Crippen LogP contribution >= 0.6 is 0 Å². The monoisotopic (exact) mass is 346 g/mol.